The van der Waals surface area contributed by atoms with E-state index < -0.39 is 7.82 Å². The molecule has 0 saturated heterocycles. The standard InChI is InChI=1S/C6H15O4P.H3N/c1-3-5-9-11(7,8)10-6-4-2;/h3-6H2,1-2H3,(H,7,8);1H3. The van der Waals surface area contributed by atoms with Gasteiger partial charge in [0.1, 0.15) is 0 Å². The summed E-state index contributed by atoms with van der Waals surface area (Å²) in [5, 5.41) is 0. The van der Waals surface area contributed by atoms with Crippen molar-refractivity contribution in [2.75, 3.05) is 13.2 Å². The molecule has 12 heavy (non-hydrogen) atoms. The largest absolute Gasteiger partial charge is 0.756 e. The molecular weight excluding hydrogens is 181 g/mol. The van der Waals surface area contributed by atoms with Crippen molar-refractivity contribution in [2.45, 2.75) is 26.7 Å². The quantitative estimate of drug-likeness (QED) is 0.658. The molecule has 0 amide bonds. The van der Waals surface area contributed by atoms with E-state index in [9.17, 15) is 9.46 Å². The van der Waals surface area contributed by atoms with E-state index in [2.05, 4.69) is 9.05 Å². The molecule has 5 nitrogen and oxygen atoms in total. The Morgan fingerprint density at radius 3 is 1.75 bits per heavy atom. The lowest BCUT2D eigenvalue weighted by molar-refractivity contribution is -0.225. The van der Waals surface area contributed by atoms with Gasteiger partial charge >= 0.3 is 0 Å². The monoisotopic (exact) mass is 199 g/mol. The van der Waals surface area contributed by atoms with E-state index in [1.165, 1.54) is 0 Å². The smallest absolute Gasteiger partial charge is 0.267 e. The SMILES string of the molecule is CCCOP(=O)([O-])OCCC.[NH4+]. The van der Waals surface area contributed by atoms with E-state index in [0.717, 1.165) is 0 Å². The van der Waals surface area contributed by atoms with E-state index >= 15 is 0 Å². The molecule has 0 heterocycles. The molecule has 0 aliphatic heterocycles. The molecule has 0 fully saturated rings. The average Bonchev–Trinajstić information content (AvgIpc) is 1.97. The highest BCUT2D eigenvalue weighted by atomic mass is 31.2. The lowest BCUT2D eigenvalue weighted by atomic mass is 10.5. The summed E-state index contributed by atoms with van der Waals surface area (Å²) in [6.45, 7) is 4.06. The summed E-state index contributed by atoms with van der Waals surface area (Å²) >= 11 is 0. The van der Waals surface area contributed by atoms with Gasteiger partial charge in [-0.15, -0.1) is 0 Å². The van der Waals surface area contributed by atoms with E-state index in [0.29, 0.717) is 12.8 Å². The Bertz CT molecular complexity index is 130. The summed E-state index contributed by atoms with van der Waals surface area (Å²) in [7, 11) is -3.98. The van der Waals surface area contributed by atoms with Crippen LogP contribution in [0.25, 0.3) is 0 Å². The summed E-state index contributed by atoms with van der Waals surface area (Å²) in [5.41, 5.74) is 0. The number of phosphoric ester groups is 1. The summed E-state index contributed by atoms with van der Waals surface area (Å²) in [6, 6.07) is 0. The molecule has 0 aromatic carbocycles. The second-order valence-corrected chi connectivity index (χ2v) is 3.52. The predicted molar refractivity (Wildman–Crippen MR) is 46.1 cm³/mol. The molecule has 76 valence electrons. The van der Waals surface area contributed by atoms with E-state index in [1.807, 2.05) is 13.8 Å². The van der Waals surface area contributed by atoms with Crippen molar-refractivity contribution in [1.82, 2.24) is 6.15 Å². The zero-order valence-corrected chi connectivity index (χ0v) is 8.80. The van der Waals surface area contributed by atoms with Crippen molar-refractivity contribution in [2.24, 2.45) is 0 Å². The Morgan fingerprint density at radius 1 is 1.17 bits per heavy atom. The second kappa shape index (κ2) is 7.71. The van der Waals surface area contributed by atoms with Gasteiger partial charge in [-0.2, -0.15) is 0 Å². The van der Waals surface area contributed by atoms with Crippen LogP contribution in [0.1, 0.15) is 26.7 Å². The fraction of sp³-hybridized carbons (Fsp3) is 1.00. The van der Waals surface area contributed by atoms with Gasteiger partial charge in [-0.25, -0.2) is 0 Å². The van der Waals surface area contributed by atoms with E-state index in [-0.39, 0.29) is 19.4 Å². The Morgan fingerprint density at radius 2 is 1.50 bits per heavy atom. The summed E-state index contributed by atoms with van der Waals surface area (Å²) in [6.07, 6.45) is 1.34. The number of rotatable bonds is 6. The molecule has 0 aromatic heterocycles. The highest BCUT2D eigenvalue weighted by Gasteiger charge is 2.06. The van der Waals surface area contributed by atoms with Crippen molar-refractivity contribution in [1.29, 1.82) is 0 Å². The fourth-order valence-corrected chi connectivity index (χ4v) is 1.33. The average molecular weight is 199 g/mol. The maximum absolute atomic E-state index is 10.7. The summed E-state index contributed by atoms with van der Waals surface area (Å²) in [4.78, 5) is 10.7. The van der Waals surface area contributed by atoms with Gasteiger partial charge in [-0.3, -0.25) is 4.57 Å². The molecule has 4 N–H and O–H groups in total. The number of quaternary nitrogens is 1. The van der Waals surface area contributed by atoms with Crippen LogP contribution in [0.2, 0.25) is 0 Å². The third kappa shape index (κ3) is 8.17. The van der Waals surface area contributed by atoms with Crippen LogP contribution in [0.3, 0.4) is 0 Å². The lowest BCUT2D eigenvalue weighted by Gasteiger charge is -2.21. The van der Waals surface area contributed by atoms with Gasteiger partial charge in [0.05, 0.1) is 13.2 Å². The van der Waals surface area contributed by atoms with Gasteiger partial charge in [-0.1, -0.05) is 13.8 Å². The third-order valence-electron chi connectivity index (χ3n) is 0.907. The molecule has 6 heteroatoms. The maximum atomic E-state index is 10.7. The normalized spacial score (nSPS) is 10.9. The van der Waals surface area contributed by atoms with Crippen molar-refractivity contribution in [3.8, 4) is 0 Å². The van der Waals surface area contributed by atoms with Crippen LogP contribution in [0.4, 0.5) is 0 Å². The number of hydrogen-bond acceptors (Lipinski definition) is 4. The first-order chi connectivity index (χ1) is 5.12. The molecule has 0 radical (unpaired) electrons. The van der Waals surface area contributed by atoms with Crippen LogP contribution < -0.4 is 11.0 Å². The molecule has 0 atom stereocenters. The first-order valence-corrected chi connectivity index (χ1v) is 5.18. The van der Waals surface area contributed by atoms with Crippen molar-refractivity contribution in [3.05, 3.63) is 0 Å². The molecule has 0 bridgehead atoms. The number of hydrogen-bond donors (Lipinski definition) is 1. The maximum Gasteiger partial charge on any atom is 0.267 e. The summed E-state index contributed by atoms with van der Waals surface area (Å²) in [5.74, 6) is 0. The first-order valence-electron chi connectivity index (χ1n) is 3.72. The highest BCUT2D eigenvalue weighted by molar-refractivity contribution is 7.45. The highest BCUT2D eigenvalue weighted by Crippen LogP contribution is 2.38. The van der Waals surface area contributed by atoms with Crippen LogP contribution in [-0.2, 0) is 13.6 Å². The van der Waals surface area contributed by atoms with Gasteiger partial charge < -0.3 is 20.1 Å². The minimum absolute atomic E-state index is 0. The first kappa shape index (κ1) is 14.6. The van der Waals surface area contributed by atoms with Crippen LogP contribution in [0, 0.1) is 0 Å². The zero-order valence-electron chi connectivity index (χ0n) is 7.91. The van der Waals surface area contributed by atoms with Crippen LogP contribution >= 0.6 is 7.82 Å². The molecule has 0 aromatic rings. The van der Waals surface area contributed by atoms with E-state index in [1.54, 1.807) is 0 Å². The molecular formula is C6H18NO4P. The minimum Gasteiger partial charge on any atom is -0.756 e. The molecule has 0 aliphatic rings. The van der Waals surface area contributed by atoms with E-state index in [4.69, 9.17) is 0 Å². The Labute approximate surface area is 73.3 Å². The molecule has 0 aliphatic carbocycles. The van der Waals surface area contributed by atoms with Crippen molar-refractivity contribution in [3.63, 3.8) is 0 Å². The number of phosphoric acid groups is 1. The van der Waals surface area contributed by atoms with Gasteiger partial charge in [0.2, 0.25) is 0 Å². The molecule has 0 spiro atoms. The third-order valence-corrected chi connectivity index (χ3v) is 1.90. The zero-order chi connectivity index (χ0) is 8.74. The molecule has 0 rings (SSSR count). The van der Waals surface area contributed by atoms with Crippen LogP contribution in [-0.4, -0.2) is 13.2 Å². The van der Waals surface area contributed by atoms with Gasteiger partial charge in [0.25, 0.3) is 7.82 Å². The Hall–Kier alpha value is 0.0700. The lowest BCUT2D eigenvalue weighted by Crippen LogP contribution is -2.09. The van der Waals surface area contributed by atoms with Gasteiger partial charge in [-0.05, 0) is 12.8 Å². The van der Waals surface area contributed by atoms with Crippen LogP contribution in [0.15, 0.2) is 0 Å². The molecule has 0 saturated carbocycles. The van der Waals surface area contributed by atoms with Gasteiger partial charge in [0.15, 0.2) is 0 Å². The van der Waals surface area contributed by atoms with Crippen molar-refractivity contribution < 1.29 is 18.5 Å². The Kier molecular flexibility index (Phi) is 9.37. The molecule has 0 unspecified atom stereocenters. The Balaban J connectivity index is 0. The van der Waals surface area contributed by atoms with Crippen LogP contribution in [0.5, 0.6) is 0 Å². The second-order valence-electron chi connectivity index (χ2n) is 2.11. The minimum atomic E-state index is -3.98. The predicted octanol–water partition coefficient (Wildman–Crippen LogP) is 1.68. The fourth-order valence-electron chi connectivity index (χ4n) is 0.443. The summed E-state index contributed by atoms with van der Waals surface area (Å²) < 4.78 is 19.6. The topological polar surface area (TPSA) is 95.1 Å². The van der Waals surface area contributed by atoms with Crippen molar-refractivity contribution >= 4 is 7.82 Å². The van der Waals surface area contributed by atoms with Gasteiger partial charge in [0, 0.05) is 0 Å².